The van der Waals surface area contributed by atoms with Crippen LogP contribution in [0.2, 0.25) is 0 Å². The summed E-state index contributed by atoms with van der Waals surface area (Å²) < 4.78 is 21.0. The molecule has 1 atom stereocenters. The fourth-order valence-corrected chi connectivity index (χ4v) is 4.76. The summed E-state index contributed by atoms with van der Waals surface area (Å²) >= 11 is 0. The highest BCUT2D eigenvalue weighted by Gasteiger charge is 2.49. The highest BCUT2D eigenvalue weighted by Crippen LogP contribution is 2.36. The second-order valence-corrected chi connectivity index (χ2v) is 8.51. The van der Waals surface area contributed by atoms with E-state index in [-0.39, 0.29) is 24.4 Å². The normalized spacial score (nSPS) is 21.4. The fourth-order valence-electron chi connectivity index (χ4n) is 4.76. The molecule has 1 fully saturated rings. The number of hydrogen-bond acceptors (Lipinski definition) is 3. The Morgan fingerprint density at radius 2 is 1.81 bits per heavy atom. The van der Waals surface area contributed by atoms with Crippen molar-refractivity contribution in [3.63, 3.8) is 0 Å². The molecule has 31 heavy (non-hydrogen) atoms. The van der Waals surface area contributed by atoms with Crippen molar-refractivity contribution in [1.29, 1.82) is 0 Å². The SMILES string of the molecule is C[C@@]1(C(=O)NC2CCCC2)Cn2c(ccc2-c2ccco2)C(=O)N1c1ccc(F)cc1. The van der Waals surface area contributed by atoms with Gasteiger partial charge in [0.2, 0.25) is 5.91 Å². The highest BCUT2D eigenvalue weighted by atomic mass is 19.1. The summed E-state index contributed by atoms with van der Waals surface area (Å²) in [5, 5.41) is 3.15. The molecule has 0 saturated heterocycles. The van der Waals surface area contributed by atoms with Gasteiger partial charge in [-0.3, -0.25) is 14.5 Å². The molecule has 1 aromatic carbocycles. The molecule has 160 valence electrons. The average Bonchev–Trinajstić information content (AvgIpc) is 3.50. The number of halogens is 1. The summed E-state index contributed by atoms with van der Waals surface area (Å²) in [5.41, 5.74) is 0.501. The summed E-state index contributed by atoms with van der Waals surface area (Å²) in [6.45, 7) is 2.03. The maximum absolute atomic E-state index is 13.6. The molecule has 0 bridgehead atoms. The van der Waals surface area contributed by atoms with E-state index in [9.17, 15) is 14.0 Å². The van der Waals surface area contributed by atoms with Crippen LogP contribution in [0.5, 0.6) is 0 Å². The minimum atomic E-state index is -1.19. The van der Waals surface area contributed by atoms with E-state index in [1.807, 2.05) is 16.7 Å². The predicted molar refractivity (Wildman–Crippen MR) is 114 cm³/mol. The van der Waals surface area contributed by atoms with E-state index in [1.54, 1.807) is 37.5 Å². The minimum Gasteiger partial charge on any atom is -0.463 e. The van der Waals surface area contributed by atoms with E-state index in [1.165, 1.54) is 17.0 Å². The standard InChI is InChI=1S/C24H24FN3O3/c1-24(23(30)26-17-5-2-3-6-17)15-27-19(21-7-4-14-31-21)12-13-20(27)22(29)28(24)18-10-8-16(25)9-11-18/h4,7-14,17H,2-3,5-6,15H2,1H3,(H,26,30)/t24-/m0/s1. The molecule has 5 rings (SSSR count). The highest BCUT2D eigenvalue weighted by molar-refractivity contribution is 6.12. The molecule has 3 aromatic rings. The second-order valence-electron chi connectivity index (χ2n) is 8.51. The number of fused-ring (bicyclic) bond motifs is 1. The van der Waals surface area contributed by atoms with Gasteiger partial charge in [-0.2, -0.15) is 0 Å². The zero-order valence-electron chi connectivity index (χ0n) is 17.3. The smallest absolute Gasteiger partial charge is 0.275 e. The lowest BCUT2D eigenvalue weighted by atomic mass is 9.93. The predicted octanol–water partition coefficient (Wildman–Crippen LogP) is 4.37. The Hall–Kier alpha value is -3.35. The lowest BCUT2D eigenvalue weighted by molar-refractivity contribution is -0.127. The van der Waals surface area contributed by atoms with Crippen molar-refractivity contribution >= 4 is 17.5 Å². The van der Waals surface area contributed by atoms with Crippen LogP contribution in [0.4, 0.5) is 10.1 Å². The van der Waals surface area contributed by atoms with E-state index in [0.29, 0.717) is 17.1 Å². The molecule has 2 amide bonds. The third kappa shape index (κ3) is 3.24. The molecule has 3 heterocycles. The first-order valence-electron chi connectivity index (χ1n) is 10.6. The summed E-state index contributed by atoms with van der Waals surface area (Å²) in [6.07, 6.45) is 5.65. The summed E-state index contributed by atoms with van der Waals surface area (Å²) in [6, 6.07) is 13.0. The number of amides is 2. The van der Waals surface area contributed by atoms with Crippen molar-refractivity contribution in [2.45, 2.75) is 50.7 Å². The number of benzene rings is 1. The first-order valence-corrected chi connectivity index (χ1v) is 10.6. The number of rotatable bonds is 4. The van der Waals surface area contributed by atoms with Gasteiger partial charge in [-0.1, -0.05) is 12.8 Å². The van der Waals surface area contributed by atoms with Gasteiger partial charge >= 0.3 is 0 Å². The van der Waals surface area contributed by atoms with Crippen LogP contribution in [0, 0.1) is 5.82 Å². The maximum atomic E-state index is 13.6. The Labute approximate surface area is 179 Å². The first kappa shape index (κ1) is 19.6. The molecule has 1 aliphatic carbocycles. The Morgan fingerprint density at radius 1 is 1.10 bits per heavy atom. The summed E-state index contributed by atoms with van der Waals surface area (Å²) in [7, 11) is 0. The molecule has 2 aromatic heterocycles. The van der Waals surface area contributed by atoms with E-state index in [4.69, 9.17) is 4.42 Å². The monoisotopic (exact) mass is 421 g/mol. The number of nitrogens with zero attached hydrogens (tertiary/aromatic N) is 2. The molecule has 2 aliphatic rings. The van der Waals surface area contributed by atoms with Crippen LogP contribution in [0.1, 0.15) is 43.1 Å². The van der Waals surface area contributed by atoms with Crippen LogP contribution < -0.4 is 10.2 Å². The van der Waals surface area contributed by atoms with Gasteiger partial charge in [0.05, 0.1) is 18.5 Å². The van der Waals surface area contributed by atoms with Gasteiger partial charge in [-0.25, -0.2) is 4.39 Å². The van der Waals surface area contributed by atoms with Crippen molar-refractivity contribution < 1.29 is 18.4 Å². The van der Waals surface area contributed by atoms with E-state index in [0.717, 1.165) is 31.4 Å². The van der Waals surface area contributed by atoms with Crippen molar-refractivity contribution in [2.75, 3.05) is 4.90 Å². The van der Waals surface area contributed by atoms with Gasteiger partial charge < -0.3 is 14.3 Å². The molecule has 0 spiro atoms. The van der Waals surface area contributed by atoms with Crippen LogP contribution in [0.25, 0.3) is 11.5 Å². The van der Waals surface area contributed by atoms with Gasteiger partial charge in [-0.05, 0) is 68.3 Å². The minimum absolute atomic E-state index is 0.116. The number of anilines is 1. The van der Waals surface area contributed by atoms with Gasteiger partial charge in [0.25, 0.3) is 5.91 Å². The maximum Gasteiger partial charge on any atom is 0.275 e. The molecule has 1 saturated carbocycles. The van der Waals surface area contributed by atoms with Crippen molar-refractivity contribution in [1.82, 2.24) is 9.88 Å². The fraction of sp³-hybridized carbons (Fsp3) is 0.333. The third-order valence-corrected chi connectivity index (χ3v) is 6.40. The molecule has 7 heteroatoms. The molecule has 0 unspecified atom stereocenters. The molecule has 1 N–H and O–H groups in total. The number of aromatic nitrogens is 1. The van der Waals surface area contributed by atoms with Crippen molar-refractivity contribution in [2.24, 2.45) is 0 Å². The lowest BCUT2D eigenvalue weighted by Crippen LogP contribution is -2.65. The third-order valence-electron chi connectivity index (χ3n) is 6.40. The largest absolute Gasteiger partial charge is 0.463 e. The Balaban J connectivity index is 1.60. The van der Waals surface area contributed by atoms with Crippen LogP contribution in [0.3, 0.4) is 0 Å². The molecule has 6 nitrogen and oxygen atoms in total. The number of carbonyl (C=O) groups excluding carboxylic acids is 2. The molecule has 1 aliphatic heterocycles. The number of furan rings is 1. The van der Waals surface area contributed by atoms with Gasteiger partial charge in [0.1, 0.15) is 22.8 Å². The molecule has 0 radical (unpaired) electrons. The number of nitrogens with one attached hydrogen (secondary N) is 1. The van der Waals surface area contributed by atoms with Crippen molar-refractivity contribution in [3.05, 3.63) is 66.3 Å². The van der Waals surface area contributed by atoms with Crippen molar-refractivity contribution in [3.8, 4) is 11.5 Å². The topological polar surface area (TPSA) is 67.5 Å². The Morgan fingerprint density at radius 3 is 2.48 bits per heavy atom. The zero-order valence-corrected chi connectivity index (χ0v) is 17.3. The van der Waals surface area contributed by atoms with Crippen LogP contribution in [-0.2, 0) is 11.3 Å². The summed E-state index contributed by atoms with van der Waals surface area (Å²) in [5.74, 6) is -0.275. The quantitative estimate of drug-likeness (QED) is 0.680. The van der Waals surface area contributed by atoms with E-state index in [2.05, 4.69) is 5.32 Å². The first-order chi connectivity index (χ1) is 15.0. The lowest BCUT2D eigenvalue weighted by Gasteiger charge is -2.44. The Bertz CT molecular complexity index is 1110. The second kappa shape index (κ2) is 7.41. The van der Waals surface area contributed by atoms with Gasteiger partial charge in [0, 0.05) is 11.7 Å². The van der Waals surface area contributed by atoms with Crippen LogP contribution >= 0.6 is 0 Å². The molecular weight excluding hydrogens is 397 g/mol. The summed E-state index contributed by atoms with van der Waals surface area (Å²) in [4.78, 5) is 28.7. The molecular formula is C24H24FN3O3. The number of carbonyl (C=O) groups is 2. The number of hydrogen-bond donors (Lipinski definition) is 1. The van der Waals surface area contributed by atoms with Gasteiger partial charge in [-0.15, -0.1) is 0 Å². The van der Waals surface area contributed by atoms with Crippen LogP contribution in [-0.4, -0.2) is 28.0 Å². The van der Waals surface area contributed by atoms with E-state index >= 15 is 0 Å². The zero-order chi connectivity index (χ0) is 21.6. The van der Waals surface area contributed by atoms with Gasteiger partial charge in [0.15, 0.2) is 0 Å². The van der Waals surface area contributed by atoms with E-state index < -0.39 is 11.4 Å². The van der Waals surface area contributed by atoms with Crippen LogP contribution in [0.15, 0.2) is 59.2 Å². The Kier molecular flexibility index (Phi) is 4.68. The average molecular weight is 421 g/mol.